The van der Waals surface area contributed by atoms with Crippen LogP contribution in [0.4, 0.5) is 4.79 Å². The lowest BCUT2D eigenvalue weighted by Gasteiger charge is -2.39. The second-order valence-corrected chi connectivity index (χ2v) is 10.5. The van der Waals surface area contributed by atoms with E-state index in [4.69, 9.17) is 21.1 Å². The molecule has 1 atom stereocenters. The van der Waals surface area contributed by atoms with E-state index in [1.165, 1.54) is 4.90 Å². The standard InChI is InChI=1S/C32H33ClN4O5/c1-3-41-31(39)28-27(21-36-16-18-37(19-17-36)30(38)22-12-14-24(33)15-13-22)35(2)32(40)34-29(28)23-8-7-11-26(20-23)42-25-9-5-4-6-10-25/h4-15,20,29H,3,16-19,21H2,1-2H3,(H,34,40). The average molecular weight is 589 g/mol. The van der Waals surface area contributed by atoms with E-state index in [-0.39, 0.29) is 18.5 Å². The Kier molecular flexibility index (Phi) is 9.09. The highest BCUT2D eigenvalue weighted by Crippen LogP contribution is 2.34. The minimum atomic E-state index is -0.727. The van der Waals surface area contributed by atoms with Gasteiger partial charge in [0, 0.05) is 56.1 Å². The first-order valence-electron chi connectivity index (χ1n) is 13.9. The summed E-state index contributed by atoms with van der Waals surface area (Å²) in [6.45, 7) is 4.49. The van der Waals surface area contributed by atoms with Crippen LogP contribution in [0, 0.1) is 0 Å². The van der Waals surface area contributed by atoms with E-state index in [1.807, 2.05) is 54.6 Å². The Balaban J connectivity index is 1.38. The van der Waals surface area contributed by atoms with Gasteiger partial charge in [0.1, 0.15) is 11.5 Å². The number of nitrogens with zero attached hydrogens (tertiary/aromatic N) is 3. The Morgan fingerprint density at radius 1 is 0.929 bits per heavy atom. The van der Waals surface area contributed by atoms with Gasteiger partial charge in [0.2, 0.25) is 0 Å². The number of esters is 1. The first-order valence-corrected chi connectivity index (χ1v) is 14.3. The molecule has 10 heteroatoms. The predicted octanol–water partition coefficient (Wildman–Crippen LogP) is 5.10. The number of carbonyl (C=O) groups excluding carboxylic acids is 3. The number of halogens is 1. The molecule has 218 valence electrons. The molecule has 5 rings (SSSR count). The first-order chi connectivity index (χ1) is 20.3. The van der Waals surface area contributed by atoms with Crippen molar-refractivity contribution >= 4 is 29.5 Å². The Bertz CT molecular complexity index is 1470. The highest BCUT2D eigenvalue weighted by atomic mass is 35.5. The predicted molar refractivity (Wildman–Crippen MR) is 159 cm³/mol. The van der Waals surface area contributed by atoms with Crippen LogP contribution in [0.5, 0.6) is 11.5 Å². The van der Waals surface area contributed by atoms with Crippen LogP contribution in [0.2, 0.25) is 5.02 Å². The molecule has 2 aliphatic rings. The Morgan fingerprint density at radius 2 is 1.62 bits per heavy atom. The van der Waals surface area contributed by atoms with Gasteiger partial charge in [0.15, 0.2) is 0 Å². The van der Waals surface area contributed by atoms with E-state index in [0.29, 0.717) is 71.6 Å². The van der Waals surface area contributed by atoms with Gasteiger partial charge in [-0.3, -0.25) is 14.6 Å². The number of likely N-dealkylation sites (N-methyl/N-ethyl adjacent to an activating group) is 1. The third-order valence-electron chi connectivity index (χ3n) is 7.37. The van der Waals surface area contributed by atoms with Crippen LogP contribution in [-0.4, -0.2) is 79.0 Å². The summed E-state index contributed by atoms with van der Waals surface area (Å²) in [5.41, 5.74) is 2.22. The van der Waals surface area contributed by atoms with Crippen molar-refractivity contribution in [3.8, 4) is 11.5 Å². The quantitative estimate of drug-likeness (QED) is 0.368. The third-order valence-corrected chi connectivity index (χ3v) is 7.62. The second-order valence-electron chi connectivity index (χ2n) is 10.1. The van der Waals surface area contributed by atoms with Crippen LogP contribution in [0.3, 0.4) is 0 Å². The van der Waals surface area contributed by atoms with E-state index >= 15 is 0 Å². The molecule has 0 saturated carbocycles. The molecule has 42 heavy (non-hydrogen) atoms. The summed E-state index contributed by atoms with van der Waals surface area (Å²) in [6.07, 6.45) is 0. The van der Waals surface area contributed by atoms with Crippen molar-refractivity contribution in [1.82, 2.24) is 20.0 Å². The van der Waals surface area contributed by atoms with Crippen LogP contribution >= 0.6 is 11.6 Å². The number of nitrogens with one attached hydrogen (secondary N) is 1. The van der Waals surface area contributed by atoms with Gasteiger partial charge in [-0.05, 0) is 61.0 Å². The fourth-order valence-corrected chi connectivity index (χ4v) is 5.25. The van der Waals surface area contributed by atoms with Gasteiger partial charge < -0.3 is 19.7 Å². The van der Waals surface area contributed by atoms with E-state index in [0.717, 1.165) is 0 Å². The minimum Gasteiger partial charge on any atom is -0.463 e. The Morgan fingerprint density at radius 3 is 2.31 bits per heavy atom. The second kappa shape index (κ2) is 13.1. The average Bonchev–Trinajstić information content (AvgIpc) is 3.00. The zero-order valence-electron chi connectivity index (χ0n) is 23.6. The number of rotatable bonds is 8. The molecule has 1 unspecified atom stereocenters. The number of benzene rings is 3. The maximum absolute atomic E-state index is 13.4. The molecular formula is C32H33ClN4O5. The molecule has 3 aromatic carbocycles. The molecule has 2 heterocycles. The molecule has 0 spiro atoms. The molecule has 1 fully saturated rings. The van der Waals surface area contributed by atoms with Gasteiger partial charge in [-0.1, -0.05) is 41.9 Å². The van der Waals surface area contributed by atoms with Crippen molar-refractivity contribution in [1.29, 1.82) is 0 Å². The SMILES string of the molecule is CCOC(=O)C1=C(CN2CCN(C(=O)c3ccc(Cl)cc3)CC2)N(C)C(=O)NC1c1cccc(Oc2ccccc2)c1. The van der Waals surface area contributed by atoms with Crippen LogP contribution in [0.15, 0.2) is 90.1 Å². The van der Waals surface area contributed by atoms with Crippen molar-refractivity contribution in [3.05, 3.63) is 106 Å². The molecule has 3 aromatic rings. The van der Waals surface area contributed by atoms with E-state index in [1.54, 1.807) is 43.1 Å². The molecule has 0 aliphatic carbocycles. The van der Waals surface area contributed by atoms with Crippen molar-refractivity contribution in [2.45, 2.75) is 13.0 Å². The van der Waals surface area contributed by atoms with Gasteiger partial charge >= 0.3 is 12.0 Å². The summed E-state index contributed by atoms with van der Waals surface area (Å²) < 4.78 is 11.5. The molecule has 1 saturated heterocycles. The summed E-state index contributed by atoms with van der Waals surface area (Å²) in [5, 5.41) is 3.55. The van der Waals surface area contributed by atoms with Crippen molar-refractivity contribution in [2.24, 2.45) is 0 Å². The van der Waals surface area contributed by atoms with E-state index in [2.05, 4.69) is 10.2 Å². The van der Waals surface area contributed by atoms with E-state index < -0.39 is 12.0 Å². The Labute approximate surface area is 250 Å². The summed E-state index contributed by atoms with van der Waals surface area (Å²) in [6, 6.07) is 22.5. The van der Waals surface area contributed by atoms with Crippen molar-refractivity contribution in [2.75, 3.05) is 46.4 Å². The Hall–Kier alpha value is -4.34. The number of amides is 3. The molecular weight excluding hydrogens is 556 g/mol. The lowest BCUT2D eigenvalue weighted by molar-refractivity contribution is -0.139. The largest absolute Gasteiger partial charge is 0.463 e. The summed E-state index contributed by atoms with van der Waals surface area (Å²) in [5.74, 6) is 0.718. The number of urea groups is 1. The topological polar surface area (TPSA) is 91.4 Å². The van der Waals surface area contributed by atoms with Crippen LogP contribution in [-0.2, 0) is 9.53 Å². The van der Waals surface area contributed by atoms with Gasteiger partial charge in [0.05, 0.1) is 18.2 Å². The first kappa shape index (κ1) is 29.2. The minimum absolute atomic E-state index is 0.0513. The fourth-order valence-electron chi connectivity index (χ4n) is 5.13. The molecule has 1 N–H and O–H groups in total. The maximum Gasteiger partial charge on any atom is 0.338 e. The highest BCUT2D eigenvalue weighted by Gasteiger charge is 2.38. The number of hydrogen-bond donors (Lipinski definition) is 1. The maximum atomic E-state index is 13.4. The molecule has 9 nitrogen and oxygen atoms in total. The fraction of sp³-hybridized carbons (Fsp3) is 0.281. The number of hydrogen-bond acceptors (Lipinski definition) is 6. The number of piperazine rings is 1. The van der Waals surface area contributed by atoms with Crippen LogP contribution in [0.1, 0.15) is 28.9 Å². The van der Waals surface area contributed by atoms with E-state index in [9.17, 15) is 14.4 Å². The molecule has 0 radical (unpaired) electrons. The normalized spacial score (nSPS) is 17.6. The lowest BCUT2D eigenvalue weighted by Crippen LogP contribution is -2.53. The molecule has 0 aromatic heterocycles. The summed E-state index contributed by atoms with van der Waals surface area (Å²) >= 11 is 5.97. The van der Waals surface area contributed by atoms with Crippen LogP contribution in [0.25, 0.3) is 0 Å². The number of ether oxygens (including phenoxy) is 2. The number of carbonyl (C=O) groups is 3. The summed E-state index contributed by atoms with van der Waals surface area (Å²) in [4.78, 5) is 45.0. The smallest absolute Gasteiger partial charge is 0.338 e. The molecule has 0 bridgehead atoms. The zero-order valence-corrected chi connectivity index (χ0v) is 24.3. The summed E-state index contributed by atoms with van der Waals surface area (Å²) in [7, 11) is 1.65. The molecule has 3 amide bonds. The van der Waals surface area contributed by atoms with Gasteiger partial charge in [-0.25, -0.2) is 9.59 Å². The number of para-hydroxylation sites is 1. The monoisotopic (exact) mass is 588 g/mol. The van der Waals surface area contributed by atoms with Crippen molar-refractivity contribution < 1.29 is 23.9 Å². The van der Waals surface area contributed by atoms with Gasteiger partial charge in [-0.15, -0.1) is 0 Å². The lowest BCUT2D eigenvalue weighted by atomic mass is 9.94. The van der Waals surface area contributed by atoms with Gasteiger partial charge in [-0.2, -0.15) is 0 Å². The third kappa shape index (κ3) is 6.58. The zero-order chi connectivity index (χ0) is 29.6. The molecule has 2 aliphatic heterocycles. The van der Waals surface area contributed by atoms with Crippen molar-refractivity contribution in [3.63, 3.8) is 0 Å². The van der Waals surface area contributed by atoms with Gasteiger partial charge in [0.25, 0.3) is 5.91 Å². The highest BCUT2D eigenvalue weighted by molar-refractivity contribution is 6.30. The van der Waals surface area contributed by atoms with Crippen LogP contribution < -0.4 is 10.1 Å².